The number of imidazole rings is 1. The van der Waals surface area contributed by atoms with E-state index in [1.807, 2.05) is 4.57 Å². The van der Waals surface area contributed by atoms with Gasteiger partial charge in [-0.1, -0.05) is 0 Å². The summed E-state index contributed by atoms with van der Waals surface area (Å²) in [6.45, 7) is 4.87. The number of rotatable bonds is 5. The van der Waals surface area contributed by atoms with Gasteiger partial charge in [0.1, 0.15) is 17.2 Å². The fourth-order valence-electron chi connectivity index (χ4n) is 3.17. The van der Waals surface area contributed by atoms with Crippen molar-refractivity contribution in [1.29, 1.82) is 0 Å². The molecule has 3 heterocycles. The summed E-state index contributed by atoms with van der Waals surface area (Å²) in [6.07, 6.45) is 3.19. The molecule has 2 aromatic rings. The lowest BCUT2D eigenvalue weighted by molar-refractivity contribution is 0.00867. The number of hydrogen-bond donors (Lipinski definition) is 2. The molecule has 2 aromatic heterocycles. The highest BCUT2D eigenvalue weighted by molar-refractivity contribution is 5.68. The Morgan fingerprint density at radius 2 is 2.19 bits per heavy atom. The van der Waals surface area contributed by atoms with Crippen LogP contribution in [0.4, 0.5) is 4.79 Å². The highest BCUT2D eigenvalue weighted by Gasteiger charge is 2.30. The molecular formula is C18H24N4O5. The molecule has 0 unspecified atom stereocenters. The molecule has 0 saturated heterocycles. The SMILES string of the molecule is COc1c[nH]c(=O)cc1CC(C)(C)OC(=O)N1CCn2cc(CO)nc2C1. The summed E-state index contributed by atoms with van der Waals surface area (Å²) in [5, 5.41) is 9.20. The number of hydrogen-bond acceptors (Lipinski definition) is 6. The molecule has 1 aliphatic heterocycles. The van der Waals surface area contributed by atoms with E-state index in [0.717, 1.165) is 5.82 Å². The molecule has 3 rings (SSSR count). The summed E-state index contributed by atoms with van der Waals surface area (Å²) in [5.74, 6) is 1.26. The van der Waals surface area contributed by atoms with Crippen molar-refractivity contribution in [3.8, 4) is 5.75 Å². The number of fused-ring (bicyclic) bond motifs is 1. The van der Waals surface area contributed by atoms with Crippen LogP contribution in [0.5, 0.6) is 5.75 Å². The molecule has 0 aromatic carbocycles. The number of methoxy groups -OCH3 is 1. The van der Waals surface area contributed by atoms with E-state index < -0.39 is 11.7 Å². The van der Waals surface area contributed by atoms with E-state index in [2.05, 4.69) is 9.97 Å². The van der Waals surface area contributed by atoms with Gasteiger partial charge in [0, 0.05) is 43.5 Å². The van der Waals surface area contributed by atoms with E-state index in [-0.39, 0.29) is 12.2 Å². The lowest BCUT2D eigenvalue weighted by Crippen LogP contribution is -2.43. The minimum Gasteiger partial charge on any atom is -0.495 e. The molecule has 2 N–H and O–H groups in total. The summed E-state index contributed by atoms with van der Waals surface area (Å²) in [6, 6.07) is 1.45. The normalized spacial score (nSPS) is 14.0. The minimum atomic E-state index is -0.832. The third-order valence-electron chi connectivity index (χ3n) is 4.44. The smallest absolute Gasteiger partial charge is 0.410 e. The van der Waals surface area contributed by atoms with Gasteiger partial charge in [-0.15, -0.1) is 0 Å². The first-order chi connectivity index (χ1) is 12.8. The molecule has 1 amide bonds. The Hall–Kier alpha value is -2.81. The van der Waals surface area contributed by atoms with Crippen LogP contribution in [0.2, 0.25) is 0 Å². The highest BCUT2D eigenvalue weighted by atomic mass is 16.6. The van der Waals surface area contributed by atoms with Gasteiger partial charge in [0.25, 0.3) is 0 Å². The number of aromatic nitrogens is 3. The van der Waals surface area contributed by atoms with Crippen LogP contribution in [0.3, 0.4) is 0 Å². The number of carbonyl (C=O) groups excluding carboxylic acids is 1. The van der Waals surface area contributed by atoms with Crippen LogP contribution in [0.1, 0.15) is 30.9 Å². The van der Waals surface area contributed by atoms with E-state index in [1.165, 1.54) is 19.4 Å². The monoisotopic (exact) mass is 376 g/mol. The van der Waals surface area contributed by atoms with E-state index in [1.54, 1.807) is 24.9 Å². The van der Waals surface area contributed by atoms with Crippen LogP contribution in [-0.2, 0) is 30.9 Å². The first kappa shape index (κ1) is 19.0. The molecule has 0 atom stereocenters. The van der Waals surface area contributed by atoms with Gasteiger partial charge >= 0.3 is 6.09 Å². The van der Waals surface area contributed by atoms with Gasteiger partial charge in [0.15, 0.2) is 0 Å². The molecule has 27 heavy (non-hydrogen) atoms. The lowest BCUT2D eigenvalue weighted by atomic mass is 9.98. The molecule has 0 aliphatic carbocycles. The van der Waals surface area contributed by atoms with Crippen molar-refractivity contribution in [2.75, 3.05) is 13.7 Å². The molecule has 9 nitrogen and oxygen atoms in total. The summed E-state index contributed by atoms with van der Waals surface area (Å²) in [4.78, 5) is 32.7. The van der Waals surface area contributed by atoms with Crippen molar-refractivity contribution >= 4 is 6.09 Å². The fraction of sp³-hybridized carbons (Fsp3) is 0.500. The third kappa shape index (κ3) is 4.30. The van der Waals surface area contributed by atoms with Gasteiger partial charge in [-0.05, 0) is 13.8 Å². The standard InChI is InChI=1S/C18H24N4O5/c1-18(2,7-12-6-16(24)19-8-14(12)26-3)27-17(25)22-5-4-21-9-13(11-23)20-15(21)10-22/h6,8-9,23H,4-5,7,10-11H2,1-3H3,(H,19,24). The number of H-pyrrole nitrogens is 1. The zero-order valence-electron chi connectivity index (χ0n) is 15.7. The molecule has 0 saturated carbocycles. The minimum absolute atomic E-state index is 0.129. The van der Waals surface area contributed by atoms with Crippen LogP contribution < -0.4 is 10.3 Å². The number of pyridine rings is 1. The molecule has 9 heteroatoms. The van der Waals surface area contributed by atoms with Gasteiger partial charge in [-0.2, -0.15) is 0 Å². The second kappa shape index (κ2) is 7.43. The summed E-state index contributed by atoms with van der Waals surface area (Å²) < 4.78 is 12.9. The van der Waals surface area contributed by atoms with E-state index in [0.29, 0.717) is 43.1 Å². The third-order valence-corrected chi connectivity index (χ3v) is 4.44. The van der Waals surface area contributed by atoms with Crippen molar-refractivity contribution in [2.45, 2.75) is 45.6 Å². The maximum absolute atomic E-state index is 12.6. The highest BCUT2D eigenvalue weighted by Crippen LogP contribution is 2.24. The predicted octanol–water partition coefficient (Wildman–Crippen LogP) is 1.05. The summed E-state index contributed by atoms with van der Waals surface area (Å²) in [5.41, 5.74) is 0.180. The molecule has 146 valence electrons. The largest absolute Gasteiger partial charge is 0.495 e. The second-order valence-electron chi connectivity index (χ2n) is 7.12. The van der Waals surface area contributed by atoms with Crippen molar-refractivity contribution in [3.05, 3.63) is 45.9 Å². The fourth-order valence-corrected chi connectivity index (χ4v) is 3.17. The van der Waals surface area contributed by atoms with Crippen LogP contribution in [-0.4, -0.2) is 49.9 Å². The van der Waals surface area contributed by atoms with E-state index in [4.69, 9.17) is 9.47 Å². The first-order valence-corrected chi connectivity index (χ1v) is 8.70. The van der Waals surface area contributed by atoms with E-state index >= 15 is 0 Å². The van der Waals surface area contributed by atoms with Crippen LogP contribution in [0, 0.1) is 0 Å². The molecular weight excluding hydrogens is 352 g/mol. The zero-order chi connectivity index (χ0) is 19.6. The maximum atomic E-state index is 12.6. The zero-order valence-corrected chi connectivity index (χ0v) is 15.7. The van der Waals surface area contributed by atoms with Crippen LogP contribution in [0.15, 0.2) is 23.3 Å². The number of nitrogens with zero attached hydrogens (tertiary/aromatic N) is 3. The van der Waals surface area contributed by atoms with Crippen molar-refractivity contribution in [1.82, 2.24) is 19.4 Å². The number of amides is 1. The molecule has 0 radical (unpaired) electrons. The quantitative estimate of drug-likeness (QED) is 0.807. The Morgan fingerprint density at radius 3 is 2.89 bits per heavy atom. The first-order valence-electron chi connectivity index (χ1n) is 8.70. The average molecular weight is 376 g/mol. The Morgan fingerprint density at radius 1 is 1.41 bits per heavy atom. The van der Waals surface area contributed by atoms with Crippen molar-refractivity contribution in [2.24, 2.45) is 0 Å². The Labute approximate surface area is 156 Å². The Kier molecular flexibility index (Phi) is 5.22. The average Bonchev–Trinajstić information content (AvgIpc) is 3.03. The maximum Gasteiger partial charge on any atom is 0.410 e. The summed E-state index contributed by atoms with van der Waals surface area (Å²) in [7, 11) is 1.52. The van der Waals surface area contributed by atoms with E-state index in [9.17, 15) is 14.7 Å². The van der Waals surface area contributed by atoms with Crippen LogP contribution in [0.25, 0.3) is 0 Å². The molecule has 1 aliphatic rings. The number of ether oxygens (including phenoxy) is 2. The number of nitrogens with one attached hydrogen (secondary N) is 1. The molecule has 0 fully saturated rings. The van der Waals surface area contributed by atoms with Gasteiger partial charge in [-0.25, -0.2) is 9.78 Å². The van der Waals surface area contributed by atoms with Gasteiger partial charge in [0.2, 0.25) is 5.56 Å². The number of carbonyl (C=O) groups is 1. The second-order valence-corrected chi connectivity index (χ2v) is 7.12. The van der Waals surface area contributed by atoms with Crippen molar-refractivity contribution in [3.63, 3.8) is 0 Å². The van der Waals surface area contributed by atoms with Crippen LogP contribution >= 0.6 is 0 Å². The van der Waals surface area contributed by atoms with Gasteiger partial charge in [0.05, 0.1) is 26.0 Å². The topological polar surface area (TPSA) is 110 Å². The predicted molar refractivity (Wildman–Crippen MR) is 96.4 cm³/mol. The number of aliphatic hydroxyl groups excluding tert-OH is 1. The molecule has 0 spiro atoms. The molecule has 0 bridgehead atoms. The Bertz CT molecular complexity index is 886. The number of aliphatic hydroxyl groups is 1. The van der Waals surface area contributed by atoms with Gasteiger partial charge in [-0.3, -0.25) is 9.69 Å². The van der Waals surface area contributed by atoms with Gasteiger partial charge < -0.3 is 24.1 Å². The Balaban J connectivity index is 1.68. The summed E-state index contributed by atoms with van der Waals surface area (Å²) >= 11 is 0. The number of aromatic amines is 1. The lowest BCUT2D eigenvalue weighted by Gasteiger charge is -2.32. The van der Waals surface area contributed by atoms with Crippen molar-refractivity contribution < 1.29 is 19.4 Å².